The van der Waals surface area contributed by atoms with Gasteiger partial charge in [0.05, 0.1) is 10.2 Å². The number of carbonyl (C=O) groups excluding carboxylic acids is 1. The van der Waals surface area contributed by atoms with Crippen LogP contribution in [-0.2, 0) is 4.79 Å². The van der Waals surface area contributed by atoms with Gasteiger partial charge < -0.3 is 5.32 Å². The summed E-state index contributed by atoms with van der Waals surface area (Å²) >= 11 is 1.57. The first-order valence-electron chi connectivity index (χ1n) is 7.62. The molecule has 0 aliphatic carbocycles. The van der Waals surface area contributed by atoms with Crippen molar-refractivity contribution in [2.24, 2.45) is 0 Å². The third-order valence-electron chi connectivity index (χ3n) is 3.74. The van der Waals surface area contributed by atoms with E-state index in [1.807, 2.05) is 66.7 Å². The minimum absolute atomic E-state index is 0.161. The zero-order chi connectivity index (χ0) is 16.4. The van der Waals surface area contributed by atoms with Gasteiger partial charge in [0, 0.05) is 17.1 Å². The van der Waals surface area contributed by atoms with Crippen LogP contribution in [0, 0.1) is 0 Å². The highest BCUT2D eigenvalue weighted by Crippen LogP contribution is 2.24. The molecule has 4 heteroatoms. The van der Waals surface area contributed by atoms with Crippen molar-refractivity contribution >= 4 is 50.0 Å². The maximum atomic E-state index is 12.2. The number of hydrogen-bond donors (Lipinski definition) is 1. The van der Waals surface area contributed by atoms with E-state index in [4.69, 9.17) is 0 Å². The van der Waals surface area contributed by atoms with Gasteiger partial charge in [-0.1, -0.05) is 48.5 Å². The third kappa shape index (κ3) is 2.92. The molecule has 4 aromatic rings. The summed E-state index contributed by atoms with van der Waals surface area (Å²) in [5, 5.41) is 5.90. The second-order valence-electron chi connectivity index (χ2n) is 5.37. The van der Waals surface area contributed by atoms with Crippen LogP contribution in [0.5, 0.6) is 0 Å². The number of aromatic nitrogens is 1. The largest absolute Gasteiger partial charge is 0.322 e. The van der Waals surface area contributed by atoms with E-state index < -0.39 is 0 Å². The van der Waals surface area contributed by atoms with Crippen molar-refractivity contribution in [1.29, 1.82) is 0 Å². The van der Waals surface area contributed by atoms with E-state index >= 15 is 0 Å². The summed E-state index contributed by atoms with van der Waals surface area (Å²) in [7, 11) is 0. The van der Waals surface area contributed by atoms with Crippen LogP contribution in [0.15, 0.2) is 72.8 Å². The van der Waals surface area contributed by atoms with Gasteiger partial charge in [0.1, 0.15) is 5.01 Å². The van der Waals surface area contributed by atoms with Crippen LogP contribution in [0.3, 0.4) is 0 Å². The Morgan fingerprint density at radius 1 is 0.958 bits per heavy atom. The van der Waals surface area contributed by atoms with Gasteiger partial charge in [-0.2, -0.15) is 0 Å². The summed E-state index contributed by atoms with van der Waals surface area (Å²) in [5.41, 5.74) is 1.77. The van der Waals surface area contributed by atoms with Gasteiger partial charge in [-0.25, -0.2) is 4.98 Å². The third-order valence-corrected chi connectivity index (χ3v) is 4.74. The maximum absolute atomic E-state index is 12.2. The van der Waals surface area contributed by atoms with Crippen LogP contribution in [0.4, 0.5) is 5.69 Å². The van der Waals surface area contributed by atoms with E-state index in [2.05, 4.69) is 10.3 Å². The van der Waals surface area contributed by atoms with Crippen LogP contribution >= 0.6 is 11.3 Å². The van der Waals surface area contributed by atoms with E-state index in [0.29, 0.717) is 0 Å². The molecule has 0 spiro atoms. The number of hydrogen-bond acceptors (Lipinski definition) is 3. The number of nitrogens with zero attached hydrogens (tertiary/aromatic N) is 1. The zero-order valence-electron chi connectivity index (χ0n) is 12.8. The average molecular weight is 330 g/mol. The number of fused-ring (bicyclic) bond motifs is 2. The van der Waals surface area contributed by atoms with Crippen molar-refractivity contribution in [3.05, 3.63) is 77.8 Å². The van der Waals surface area contributed by atoms with Crippen molar-refractivity contribution in [3.8, 4) is 0 Å². The lowest BCUT2D eigenvalue weighted by molar-refractivity contribution is -0.111. The minimum atomic E-state index is -0.161. The van der Waals surface area contributed by atoms with E-state index in [1.54, 1.807) is 17.4 Å². The summed E-state index contributed by atoms with van der Waals surface area (Å²) in [6.07, 6.45) is 3.28. The first-order chi connectivity index (χ1) is 11.8. The summed E-state index contributed by atoms with van der Waals surface area (Å²) in [6.45, 7) is 0. The molecule has 0 atom stereocenters. The van der Waals surface area contributed by atoms with Crippen molar-refractivity contribution in [2.45, 2.75) is 0 Å². The smallest absolute Gasteiger partial charge is 0.248 e. The van der Waals surface area contributed by atoms with Crippen LogP contribution < -0.4 is 5.32 Å². The number of thiazole rings is 1. The van der Waals surface area contributed by atoms with Gasteiger partial charge >= 0.3 is 0 Å². The molecule has 0 saturated carbocycles. The number of amides is 1. The average Bonchev–Trinajstić information content (AvgIpc) is 3.03. The molecule has 4 rings (SSSR count). The standard InChI is InChI=1S/C20H14N2OS/c23-19(12-13-20-22-17-9-3-4-11-18(17)24-20)21-16-10-5-7-14-6-1-2-8-15(14)16/h1-13H,(H,21,23)/b13-12+. The van der Waals surface area contributed by atoms with Gasteiger partial charge in [0.25, 0.3) is 0 Å². The Bertz CT molecular complexity index is 1030. The van der Waals surface area contributed by atoms with Crippen LogP contribution in [0.1, 0.15) is 5.01 Å². The van der Waals surface area contributed by atoms with Crippen molar-refractivity contribution < 1.29 is 4.79 Å². The van der Waals surface area contributed by atoms with E-state index in [-0.39, 0.29) is 5.91 Å². The normalized spacial score (nSPS) is 11.3. The first-order valence-corrected chi connectivity index (χ1v) is 8.44. The number of rotatable bonds is 3. The van der Waals surface area contributed by atoms with E-state index in [9.17, 15) is 4.79 Å². The van der Waals surface area contributed by atoms with Crippen molar-refractivity contribution in [3.63, 3.8) is 0 Å². The van der Waals surface area contributed by atoms with E-state index in [1.165, 1.54) is 6.08 Å². The maximum Gasteiger partial charge on any atom is 0.248 e. The molecule has 1 aromatic heterocycles. The Labute approximate surface area is 143 Å². The summed E-state index contributed by atoms with van der Waals surface area (Å²) in [6, 6.07) is 21.8. The zero-order valence-corrected chi connectivity index (χ0v) is 13.6. The molecule has 0 aliphatic heterocycles. The van der Waals surface area contributed by atoms with Crippen molar-refractivity contribution in [2.75, 3.05) is 5.32 Å². The Morgan fingerprint density at radius 2 is 1.75 bits per heavy atom. The molecule has 0 aliphatic rings. The molecule has 0 saturated heterocycles. The molecule has 0 fully saturated rings. The highest BCUT2D eigenvalue weighted by atomic mass is 32.1. The number of para-hydroxylation sites is 1. The second-order valence-corrected chi connectivity index (χ2v) is 6.43. The number of nitrogens with one attached hydrogen (secondary N) is 1. The first kappa shape index (κ1) is 14.6. The van der Waals surface area contributed by atoms with E-state index in [0.717, 1.165) is 31.7 Å². The lowest BCUT2D eigenvalue weighted by Gasteiger charge is -2.06. The lowest BCUT2D eigenvalue weighted by Crippen LogP contribution is -2.07. The van der Waals surface area contributed by atoms with Gasteiger partial charge in [-0.3, -0.25) is 4.79 Å². The predicted octanol–water partition coefficient (Wildman–Crippen LogP) is 5.10. The molecule has 3 nitrogen and oxygen atoms in total. The monoisotopic (exact) mass is 330 g/mol. The summed E-state index contributed by atoms with van der Waals surface area (Å²) in [4.78, 5) is 16.7. The van der Waals surface area contributed by atoms with Crippen molar-refractivity contribution in [1.82, 2.24) is 4.98 Å². The molecule has 0 radical (unpaired) electrons. The van der Waals surface area contributed by atoms with Gasteiger partial charge in [0.15, 0.2) is 0 Å². The second kappa shape index (κ2) is 6.26. The molecular weight excluding hydrogens is 316 g/mol. The van der Waals surface area contributed by atoms with Gasteiger partial charge in [-0.15, -0.1) is 11.3 Å². The van der Waals surface area contributed by atoms with Crippen LogP contribution in [0.25, 0.3) is 27.1 Å². The Balaban J connectivity index is 1.55. The lowest BCUT2D eigenvalue weighted by atomic mass is 10.1. The predicted molar refractivity (Wildman–Crippen MR) is 101 cm³/mol. The molecule has 0 bridgehead atoms. The molecule has 0 unspecified atom stereocenters. The summed E-state index contributed by atoms with van der Waals surface area (Å²) < 4.78 is 1.12. The fourth-order valence-corrected chi connectivity index (χ4v) is 3.49. The SMILES string of the molecule is O=C(/C=C/c1nc2ccccc2s1)Nc1cccc2ccccc12. The van der Waals surface area contributed by atoms with Gasteiger partial charge in [-0.05, 0) is 29.7 Å². The molecule has 1 N–H and O–H groups in total. The number of carbonyl (C=O) groups is 1. The number of anilines is 1. The highest BCUT2D eigenvalue weighted by molar-refractivity contribution is 7.19. The molecular formula is C20H14N2OS. The molecule has 24 heavy (non-hydrogen) atoms. The number of benzene rings is 3. The molecule has 1 heterocycles. The van der Waals surface area contributed by atoms with Gasteiger partial charge in [0.2, 0.25) is 5.91 Å². The Hall–Kier alpha value is -2.98. The minimum Gasteiger partial charge on any atom is -0.322 e. The molecule has 1 amide bonds. The Morgan fingerprint density at radius 3 is 2.67 bits per heavy atom. The Kier molecular flexibility index (Phi) is 3.81. The highest BCUT2D eigenvalue weighted by Gasteiger charge is 2.04. The van der Waals surface area contributed by atoms with Crippen LogP contribution in [0.2, 0.25) is 0 Å². The molecule has 3 aromatic carbocycles. The fraction of sp³-hybridized carbons (Fsp3) is 0. The quantitative estimate of drug-likeness (QED) is 0.531. The van der Waals surface area contributed by atoms with Crippen LogP contribution in [-0.4, -0.2) is 10.9 Å². The fourth-order valence-electron chi connectivity index (χ4n) is 2.62. The topological polar surface area (TPSA) is 42.0 Å². The molecule has 116 valence electrons. The summed E-state index contributed by atoms with van der Waals surface area (Å²) in [5.74, 6) is -0.161.